The summed E-state index contributed by atoms with van der Waals surface area (Å²) >= 11 is 0. The molecule has 0 aliphatic carbocycles. The van der Waals surface area contributed by atoms with Gasteiger partial charge in [0.05, 0.1) is 29.0 Å². The molecule has 0 bridgehead atoms. The highest BCUT2D eigenvalue weighted by Crippen LogP contribution is 2.30. The van der Waals surface area contributed by atoms with Crippen LogP contribution in [0.25, 0.3) is 10.9 Å². The molecule has 132 valence electrons. The highest BCUT2D eigenvalue weighted by molar-refractivity contribution is 7.90. The predicted molar refractivity (Wildman–Crippen MR) is 105 cm³/mol. The SMILES string of the molecule is CS(=O)(=O)c1ccc(Nc2cc(N3C=NCC3)c3ccccc3n2)cc1. The molecule has 4 rings (SSSR count). The van der Waals surface area contributed by atoms with Gasteiger partial charge in [0, 0.05) is 29.9 Å². The highest BCUT2D eigenvalue weighted by Gasteiger charge is 2.14. The monoisotopic (exact) mass is 366 g/mol. The molecular formula is C19H18N4O2S. The fourth-order valence-electron chi connectivity index (χ4n) is 2.95. The molecule has 0 spiro atoms. The van der Waals surface area contributed by atoms with Gasteiger partial charge in [-0.15, -0.1) is 0 Å². The minimum atomic E-state index is -3.20. The maximum atomic E-state index is 11.6. The second kappa shape index (κ2) is 6.42. The van der Waals surface area contributed by atoms with Crippen molar-refractivity contribution in [2.75, 3.05) is 29.6 Å². The Kier molecular flexibility index (Phi) is 4.08. The molecule has 26 heavy (non-hydrogen) atoms. The molecule has 1 aromatic heterocycles. The summed E-state index contributed by atoms with van der Waals surface area (Å²) in [6.07, 6.45) is 3.05. The number of benzene rings is 2. The van der Waals surface area contributed by atoms with Gasteiger partial charge in [-0.05, 0) is 30.3 Å². The average Bonchev–Trinajstić information content (AvgIpc) is 3.15. The first-order valence-corrected chi connectivity index (χ1v) is 10.1. The number of sulfone groups is 1. The minimum absolute atomic E-state index is 0.295. The van der Waals surface area contributed by atoms with Gasteiger partial charge >= 0.3 is 0 Å². The van der Waals surface area contributed by atoms with Gasteiger partial charge in [-0.1, -0.05) is 18.2 Å². The summed E-state index contributed by atoms with van der Waals surface area (Å²) in [4.78, 5) is 11.4. The molecule has 1 aliphatic rings. The third kappa shape index (κ3) is 3.25. The quantitative estimate of drug-likeness (QED) is 0.767. The minimum Gasteiger partial charge on any atom is -0.340 e. The maximum Gasteiger partial charge on any atom is 0.175 e. The standard InChI is InChI=1S/C19H18N4O2S/c1-26(24,25)15-8-6-14(7-9-15)21-19-12-18(23-11-10-20-13-23)16-4-2-3-5-17(16)22-19/h2-9,12-13H,10-11H2,1H3,(H,21,22). The number of hydrogen-bond donors (Lipinski definition) is 1. The van der Waals surface area contributed by atoms with E-state index >= 15 is 0 Å². The van der Waals surface area contributed by atoms with E-state index in [0.29, 0.717) is 10.7 Å². The summed E-state index contributed by atoms with van der Waals surface area (Å²) in [6.45, 7) is 1.63. The zero-order chi connectivity index (χ0) is 18.1. The molecule has 2 aromatic carbocycles. The predicted octanol–water partition coefficient (Wildman–Crippen LogP) is 3.23. The number of para-hydroxylation sites is 1. The molecule has 0 amide bonds. The van der Waals surface area contributed by atoms with Gasteiger partial charge in [0.15, 0.2) is 9.84 Å². The van der Waals surface area contributed by atoms with Gasteiger partial charge in [-0.3, -0.25) is 4.99 Å². The van der Waals surface area contributed by atoms with Crippen LogP contribution >= 0.6 is 0 Å². The first-order chi connectivity index (χ1) is 12.5. The van der Waals surface area contributed by atoms with Crippen LogP contribution in [0.2, 0.25) is 0 Å². The Balaban J connectivity index is 1.71. The van der Waals surface area contributed by atoms with Crippen LogP contribution < -0.4 is 10.2 Å². The van der Waals surface area contributed by atoms with Gasteiger partial charge in [0.1, 0.15) is 5.82 Å². The molecule has 6 nitrogen and oxygen atoms in total. The summed E-state index contributed by atoms with van der Waals surface area (Å²) in [6, 6.07) is 16.6. The Hall–Kier alpha value is -2.93. The Labute approximate surface area is 152 Å². The fourth-order valence-corrected chi connectivity index (χ4v) is 3.58. The Morgan fingerprint density at radius 3 is 2.54 bits per heavy atom. The smallest absolute Gasteiger partial charge is 0.175 e. The van der Waals surface area contributed by atoms with Gasteiger partial charge in [-0.2, -0.15) is 0 Å². The van der Waals surface area contributed by atoms with E-state index < -0.39 is 9.84 Å². The van der Waals surface area contributed by atoms with Crippen molar-refractivity contribution in [3.63, 3.8) is 0 Å². The van der Waals surface area contributed by atoms with Gasteiger partial charge < -0.3 is 10.2 Å². The topological polar surface area (TPSA) is 74.7 Å². The van der Waals surface area contributed by atoms with E-state index in [0.717, 1.165) is 35.4 Å². The van der Waals surface area contributed by atoms with Crippen molar-refractivity contribution in [1.29, 1.82) is 0 Å². The molecule has 7 heteroatoms. The van der Waals surface area contributed by atoms with Crippen molar-refractivity contribution in [3.8, 4) is 0 Å². The first-order valence-electron chi connectivity index (χ1n) is 8.24. The summed E-state index contributed by atoms with van der Waals surface area (Å²) in [7, 11) is -3.20. The van der Waals surface area contributed by atoms with Crippen molar-refractivity contribution >= 4 is 44.3 Å². The lowest BCUT2D eigenvalue weighted by Crippen LogP contribution is -2.18. The van der Waals surface area contributed by atoms with E-state index in [1.54, 1.807) is 24.3 Å². The van der Waals surface area contributed by atoms with Crippen LogP contribution in [0.5, 0.6) is 0 Å². The summed E-state index contributed by atoms with van der Waals surface area (Å²) in [5.74, 6) is 0.700. The van der Waals surface area contributed by atoms with Gasteiger partial charge in [0.2, 0.25) is 0 Å². The van der Waals surface area contributed by atoms with Crippen molar-refractivity contribution in [2.45, 2.75) is 4.90 Å². The first kappa shape index (κ1) is 16.5. The van der Waals surface area contributed by atoms with Crippen LogP contribution in [-0.4, -0.2) is 39.1 Å². The molecule has 2 heterocycles. The molecule has 3 aromatic rings. The Morgan fingerprint density at radius 1 is 1.08 bits per heavy atom. The van der Waals surface area contributed by atoms with Crippen molar-refractivity contribution < 1.29 is 8.42 Å². The average molecular weight is 366 g/mol. The van der Waals surface area contributed by atoms with E-state index in [-0.39, 0.29) is 0 Å². The zero-order valence-corrected chi connectivity index (χ0v) is 15.1. The second-order valence-corrected chi connectivity index (χ2v) is 8.20. The number of nitrogens with one attached hydrogen (secondary N) is 1. The third-order valence-electron chi connectivity index (χ3n) is 4.25. The molecular weight excluding hydrogens is 348 g/mol. The van der Waals surface area contributed by atoms with E-state index in [4.69, 9.17) is 0 Å². The highest BCUT2D eigenvalue weighted by atomic mass is 32.2. The van der Waals surface area contributed by atoms with Crippen LogP contribution in [-0.2, 0) is 9.84 Å². The lowest BCUT2D eigenvalue weighted by Gasteiger charge is -2.18. The maximum absolute atomic E-state index is 11.6. The largest absolute Gasteiger partial charge is 0.340 e. The molecule has 1 N–H and O–H groups in total. The number of anilines is 3. The van der Waals surface area contributed by atoms with Crippen molar-refractivity contribution in [2.24, 2.45) is 4.99 Å². The van der Waals surface area contributed by atoms with Crippen LogP contribution in [0.3, 0.4) is 0 Å². The number of rotatable bonds is 4. The van der Waals surface area contributed by atoms with E-state index in [1.165, 1.54) is 6.26 Å². The summed E-state index contributed by atoms with van der Waals surface area (Å²) < 4.78 is 23.2. The van der Waals surface area contributed by atoms with Crippen LogP contribution in [0, 0.1) is 0 Å². The van der Waals surface area contributed by atoms with E-state index in [2.05, 4.69) is 26.3 Å². The molecule has 0 radical (unpaired) electrons. The lowest BCUT2D eigenvalue weighted by atomic mass is 10.1. The fraction of sp³-hybridized carbons (Fsp3) is 0.158. The summed E-state index contributed by atoms with van der Waals surface area (Å²) in [5.41, 5.74) is 2.72. The number of aromatic nitrogens is 1. The van der Waals surface area contributed by atoms with E-state index in [1.807, 2.05) is 30.6 Å². The van der Waals surface area contributed by atoms with E-state index in [9.17, 15) is 8.42 Å². The van der Waals surface area contributed by atoms with Crippen LogP contribution in [0.4, 0.5) is 17.2 Å². The second-order valence-electron chi connectivity index (χ2n) is 6.18. The van der Waals surface area contributed by atoms with Crippen LogP contribution in [0.15, 0.2) is 64.5 Å². The Bertz CT molecular complexity index is 1090. The number of aliphatic imine (C=N–C) groups is 1. The number of pyridine rings is 1. The van der Waals surface area contributed by atoms with Gasteiger partial charge in [0.25, 0.3) is 0 Å². The number of fused-ring (bicyclic) bond motifs is 1. The number of hydrogen-bond acceptors (Lipinski definition) is 6. The normalized spacial score (nSPS) is 14.1. The summed E-state index contributed by atoms with van der Waals surface area (Å²) in [5, 5.41) is 4.33. The molecule has 0 saturated heterocycles. The van der Waals surface area contributed by atoms with Crippen molar-refractivity contribution in [1.82, 2.24) is 4.98 Å². The Morgan fingerprint density at radius 2 is 1.85 bits per heavy atom. The number of nitrogens with zero attached hydrogens (tertiary/aromatic N) is 3. The zero-order valence-electron chi connectivity index (χ0n) is 14.3. The molecule has 1 aliphatic heterocycles. The van der Waals surface area contributed by atoms with Crippen molar-refractivity contribution in [3.05, 3.63) is 54.6 Å². The molecule has 0 fully saturated rings. The van der Waals surface area contributed by atoms with Gasteiger partial charge in [-0.25, -0.2) is 13.4 Å². The van der Waals surface area contributed by atoms with Crippen LogP contribution in [0.1, 0.15) is 0 Å². The molecule has 0 saturated carbocycles. The molecule has 0 unspecified atom stereocenters. The molecule has 0 atom stereocenters. The third-order valence-corrected chi connectivity index (χ3v) is 5.38. The lowest BCUT2D eigenvalue weighted by molar-refractivity contribution is 0.602.